The Balaban J connectivity index is 2.35. The number of carbonyl (C=O) groups excluding carboxylic acids is 3. The fraction of sp³-hybridized carbons (Fsp3) is 0.409. The Bertz CT molecular complexity index is 903. The van der Waals surface area contributed by atoms with Crippen LogP contribution in [0.4, 0.5) is 10.5 Å². The number of methoxy groups -OCH3 is 1. The normalized spacial score (nSPS) is 11.7. The van der Waals surface area contributed by atoms with Crippen molar-refractivity contribution in [1.29, 1.82) is 0 Å². The summed E-state index contributed by atoms with van der Waals surface area (Å²) in [6, 6.07) is 8.09. The van der Waals surface area contributed by atoms with Crippen LogP contribution < -0.4 is 5.32 Å². The highest BCUT2D eigenvalue weighted by molar-refractivity contribution is 6.07. The van der Waals surface area contributed by atoms with E-state index in [1.807, 2.05) is 25.1 Å². The average molecular weight is 399 g/mol. The average Bonchev–Trinajstić information content (AvgIpc) is 2.93. The third-order valence-electron chi connectivity index (χ3n) is 5.15. The van der Waals surface area contributed by atoms with Crippen LogP contribution >= 0.6 is 0 Å². The Morgan fingerprint density at radius 2 is 1.79 bits per heavy atom. The Hall–Kier alpha value is -3.09. The zero-order valence-electron chi connectivity index (χ0n) is 17.9. The van der Waals surface area contributed by atoms with Gasteiger partial charge in [-0.2, -0.15) is 0 Å². The van der Waals surface area contributed by atoms with Crippen molar-refractivity contribution in [1.82, 2.24) is 9.47 Å². The maximum atomic E-state index is 13.3. The molecular formula is C22H29N3O4. The van der Waals surface area contributed by atoms with Gasteiger partial charge in [-0.3, -0.25) is 4.79 Å². The maximum absolute atomic E-state index is 13.3. The molecule has 29 heavy (non-hydrogen) atoms. The summed E-state index contributed by atoms with van der Waals surface area (Å²) in [6.07, 6.45) is 0.708. The molecule has 1 aromatic carbocycles. The highest BCUT2D eigenvalue weighted by Crippen LogP contribution is 2.25. The number of amides is 2. The van der Waals surface area contributed by atoms with Gasteiger partial charge in [0.05, 0.1) is 13.2 Å². The number of rotatable bonds is 7. The lowest BCUT2D eigenvalue weighted by molar-refractivity contribution is 0.0588. The van der Waals surface area contributed by atoms with E-state index >= 15 is 0 Å². The topological polar surface area (TPSA) is 80.6 Å². The first-order valence-electron chi connectivity index (χ1n) is 9.65. The number of ether oxygens (including phenoxy) is 1. The molecular weight excluding hydrogens is 370 g/mol. The van der Waals surface area contributed by atoms with Crippen molar-refractivity contribution >= 4 is 23.5 Å². The summed E-state index contributed by atoms with van der Waals surface area (Å²) >= 11 is 0. The molecule has 0 saturated carbocycles. The van der Waals surface area contributed by atoms with Crippen molar-refractivity contribution in [2.45, 2.75) is 40.2 Å². The lowest BCUT2D eigenvalue weighted by Gasteiger charge is -2.28. The van der Waals surface area contributed by atoms with Gasteiger partial charge in [-0.25, -0.2) is 9.59 Å². The number of aromatic nitrogens is 1. The molecule has 2 amide bonds. The zero-order valence-corrected chi connectivity index (χ0v) is 17.9. The molecule has 7 heteroatoms. The molecule has 0 aliphatic carbocycles. The fourth-order valence-corrected chi connectivity index (χ4v) is 3.51. The summed E-state index contributed by atoms with van der Waals surface area (Å²) in [5, 5.41) is 2.84. The van der Waals surface area contributed by atoms with Crippen LogP contribution in [0, 0.1) is 13.8 Å². The van der Waals surface area contributed by atoms with E-state index < -0.39 is 12.0 Å². The highest BCUT2D eigenvalue weighted by atomic mass is 16.5. The minimum Gasteiger partial charge on any atom is -0.464 e. The van der Waals surface area contributed by atoms with E-state index in [0.717, 1.165) is 0 Å². The highest BCUT2D eigenvalue weighted by Gasteiger charge is 2.32. The van der Waals surface area contributed by atoms with Gasteiger partial charge in [-0.15, -0.1) is 0 Å². The van der Waals surface area contributed by atoms with E-state index in [9.17, 15) is 14.4 Å². The van der Waals surface area contributed by atoms with Gasteiger partial charge >= 0.3 is 12.0 Å². The number of esters is 1. The second-order valence-electron chi connectivity index (χ2n) is 7.01. The number of para-hydroxylation sites is 1. The smallest absolute Gasteiger partial charge is 0.354 e. The van der Waals surface area contributed by atoms with Crippen molar-refractivity contribution in [2.24, 2.45) is 7.05 Å². The molecule has 1 aromatic heterocycles. The first-order chi connectivity index (χ1) is 13.7. The minimum atomic E-state index is -0.691. The van der Waals surface area contributed by atoms with Gasteiger partial charge in [-0.05, 0) is 44.9 Å². The van der Waals surface area contributed by atoms with Gasteiger partial charge in [0.25, 0.3) is 0 Å². The standard InChI is InChI=1S/C22H29N3O4/c1-7-13-25(22(28)23-17-11-9-8-10-12-17)16(4)20(26)18-14(2)19(21(27)29-6)24(5)15(18)3/h8-12,16H,7,13H2,1-6H3,(H,23,28). The third kappa shape index (κ3) is 4.50. The largest absolute Gasteiger partial charge is 0.464 e. The number of anilines is 1. The number of nitrogens with one attached hydrogen (secondary N) is 1. The first kappa shape index (κ1) is 22.2. The van der Waals surface area contributed by atoms with Crippen LogP contribution in [0.15, 0.2) is 30.3 Å². The van der Waals surface area contributed by atoms with Crippen molar-refractivity contribution < 1.29 is 19.1 Å². The molecule has 0 spiro atoms. The molecule has 1 N–H and O–H groups in total. The molecule has 0 aliphatic rings. The van der Waals surface area contributed by atoms with Crippen LogP contribution in [0.25, 0.3) is 0 Å². The SMILES string of the molecule is CCCN(C(=O)Nc1ccccc1)C(C)C(=O)c1c(C)c(C(=O)OC)n(C)c1C. The molecule has 0 saturated heterocycles. The number of hydrogen-bond donors (Lipinski definition) is 1. The van der Waals surface area contributed by atoms with Gasteiger partial charge in [0.1, 0.15) is 5.69 Å². The first-order valence-corrected chi connectivity index (χ1v) is 9.65. The summed E-state index contributed by atoms with van der Waals surface area (Å²) in [7, 11) is 3.03. The second kappa shape index (κ2) is 9.41. The molecule has 0 radical (unpaired) electrons. The molecule has 0 fully saturated rings. The molecule has 0 bridgehead atoms. The summed E-state index contributed by atoms with van der Waals surface area (Å²) in [5.41, 5.74) is 2.69. The number of hydrogen-bond acceptors (Lipinski definition) is 4. The van der Waals surface area contributed by atoms with Gasteiger partial charge < -0.3 is 19.5 Å². The molecule has 7 nitrogen and oxygen atoms in total. The van der Waals surface area contributed by atoms with E-state index in [4.69, 9.17) is 4.74 Å². The lowest BCUT2D eigenvalue weighted by Crippen LogP contribution is -2.46. The van der Waals surface area contributed by atoms with Crippen LogP contribution in [-0.4, -0.2) is 46.9 Å². The minimum absolute atomic E-state index is 0.206. The number of Topliss-reactive ketones (excluding diaryl/α,β-unsaturated/α-hetero) is 1. The van der Waals surface area contributed by atoms with Gasteiger partial charge in [0.2, 0.25) is 0 Å². The quantitative estimate of drug-likeness (QED) is 0.565. The summed E-state index contributed by atoms with van der Waals surface area (Å²) < 4.78 is 6.51. The van der Waals surface area contributed by atoms with Crippen molar-refractivity contribution in [3.8, 4) is 0 Å². The van der Waals surface area contributed by atoms with Crippen molar-refractivity contribution in [3.05, 3.63) is 52.8 Å². The summed E-state index contributed by atoms with van der Waals surface area (Å²) in [6.45, 7) is 7.61. The maximum Gasteiger partial charge on any atom is 0.354 e. The fourth-order valence-electron chi connectivity index (χ4n) is 3.51. The van der Waals surface area contributed by atoms with Gasteiger partial charge in [-0.1, -0.05) is 25.1 Å². The van der Waals surface area contributed by atoms with Crippen LogP contribution in [0.2, 0.25) is 0 Å². The Morgan fingerprint density at radius 1 is 1.17 bits per heavy atom. The lowest BCUT2D eigenvalue weighted by atomic mass is 10.00. The Kier molecular flexibility index (Phi) is 7.20. The van der Waals surface area contributed by atoms with Crippen molar-refractivity contribution in [3.63, 3.8) is 0 Å². The monoisotopic (exact) mass is 399 g/mol. The number of benzene rings is 1. The molecule has 156 valence electrons. The molecule has 1 heterocycles. The number of carbonyl (C=O) groups is 3. The van der Waals surface area contributed by atoms with Crippen molar-refractivity contribution in [2.75, 3.05) is 19.0 Å². The third-order valence-corrected chi connectivity index (χ3v) is 5.15. The molecule has 2 rings (SSSR count). The Labute approximate surface area is 171 Å². The predicted molar refractivity (Wildman–Crippen MR) is 112 cm³/mol. The molecule has 2 aromatic rings. The predicted octanol–water partition coefficient (Wildman–Crippen LogP) is 3.94. The van der Waals surface area contributed by atoms with E-state index in [1.54, 1.807) is 44.5 Å². The second-order valence-corrected chi connectivity index (χ2v) is 7.01. The van der Waals surface area contributed by atoms with Crippen LogP contribution in [0.3, 0.4) is 0 Å². The van der Waals surface area contributed by atoms with Gasteiger partial charge in [0.15, 0.2) is 5.78 Å². The van der Waals surface area contributed by atoms with Crippen LogP contribution in [0.5, 0.6) is 0 Å². The number of urea groups is 1. The summed E-state index contributed by atoms with van der Waals surface area (Å²) in [5.74, 6) is -0.700. The van der Waals surface area contributed by atoms with E-state index in [1.165, 1.54) is 12.0 Å². The van der Waals surface area contributed by atoms with Gasteiger partial charge in [0, 0.05) is 30.5 Å². The van der Waals surface area contributed by atoms with Crippen LogP contribution in [0.1, 0.15) is 52.4 Å². The zero-order chi connectivity index (χ0) is 21.7. The van der Waals surface area contributed by atoms with E-state index in [2.05, 4.69) is 5.32 Å². The van der Waals surface area contributed by atoms with Crippen LogP contribution in [-0.2, 0) is 11.8 Å². The Morgan fingerprint density at radius 3 is 2.34 bits per heavy atom. The van der Waals surface area contributed by atoms with E-state index in [0.29, 0.717) is 41.2 Å². The number of ketones is 1. The molecule has 0 aliphatic heterocycles. The number of nitrogens with zero attached hydrogens (tertiary/aromatic N) is 2. The molecule has 1 unspecified atom stereocenters. The summed E-state index contributed by atoms with van der Waals surface area (Å²) in [4.78, 5) is 39.9. The van der Waals surface area contributed by atoms with E-state index in [-0.39, 0.29) is 11.8 Å². The molecule has 1 atom stereocenters.